The van der Waals surface area contributed by atoms with Gasteiger partial charge in [-0.3, -0.25) is 0 Å². The van der Waals surface area contributed by atoms with Gasteiger partial charge >= 0.3 is 5.97 Å². The Morgan fingerprint density at radius 1 is 1.00 bits per heavy atom. The third kappa shape index (κ3) is 7.12. The number of fused-ring (bicyclic) bond motifs is 1. The van der Waals surface area contributed by atoms with Gasteiger partial charge in [-0.1, -0.05) is 61.9 Å². The second-order valence-electron chi connectivity index (χ2n) is 9.27. The molecule has 3 aromatic carbocycles. The van der Waals surface area contributed by atoms with Crippen LogP contribution in [0.5, 0.6) is 11.5 Å². The van der Waals surface area contributed by atoms with Gasteiger partial charge in [-0.25, -0.2) is 9.78 Å². The van der Waals surface area contributed by atoms with Gasteiger partial charge in [0.2, 0.25) is 0 Å². The molecule has 1 heterocycles. The fourth-order valence-corrected chi connectivity index (χ4v) is 4.05. The minimum atomic E-state index is -1.09. The molecule has 0 aliphatic heterocycles. The standard InChI is InChI=1S/C31H30ClNO5/c1-20(2)18-37-30(19-38-29-14-13-26(36-3)17-27(29)31(34)35)23-6-4-5-21(15-23)7-11-25-12-9-22-8-10-24(32)16-28(22)33-25/h4-17,20,30H,18-19H2,1-3H3,(H,34,35)/b11-7+. The zero-order valence-corrected chi connectivity index (χ0v) is 22.3. The molecule has 38 heavy (non-hydrogen) atoms. The molecule has 6 nitrogen and oxygen atoms in total. The lowest BCUT2D eigenvalue weighted by Gasteiger charge is -2.21. The summed E-state index contributed by atoms with van der Waals surface area (Å²) in [6, 6.07) is 22.3. The highest BCUT2D eigenvalue weighted by molar-refractivity contribution is 6.31. The van der Waals surface area contributed by atoms with E-state index >= 15 is 0 Å². The van der Waals surface area contributed by atoms with E-state index < -0.39 is 12.1 Å². The lowest BCUT2D eigenvalue weighted by Crippen LogP contribution is -2.17. The molecule has 0 saturated carbocycles. The van der Waals surface area contributed by atoms with Crippen molar-refractivity contribution >= 4 is 40.6 Å². The van der Waals surface area contributed by atoms with Crippen molar-refractivity contribution in [2.75, 3.05) is 20.3 Å². The number of carboxylic acid groups (broad SMARTS) is 1. The van der Waals surface area contributed by atoms with Gasteiger partial charge in [-0.05, 0) is 65.6 Å². The predicted octanol–water partition coefficient (Wildman–Crippen LogP) is 7.56. The molecule has 0 spiro atoms. The summed E-state index contributed by atoms with van der Waals surface area (Å²) in [7, 11) is 1.49. The van der Waals surface area contributed by atoms with Gasteiger partial charge < -0.3 is 19.3 Å². The monoisotopic (exact) mass is 531 g/mol. The summed E-state index contributed by atoms with van der Waals surface area (Å²) in [4.78, 5) is 16.4. The maximum atomic E-state index is 11.8. The van der Waals surface area contributed by atoms with Gasteiger partial charge in [0.1, 0.15) is 29.8 Å². The van der Waals surface area contributed by atoms with Crippen LogP contribution in [0.1, 0.15) is 47.1 Å². The van der Waals surface area contributed by atoms with Gasteiger partial charge in [0.05, 0.1) is 18.3 Å². The quantitative estimate of drug-likeness (QED) is 0.215. The Morgan fingerprint density at radius 3 is 2.58 bits per heavy atom. The number of benzene rings is 3. The number of halogens is 1. The second-order valence-corrected chi connectivity index (χ2v) is 9.71. The van der Waals surface area contributed by atoms with Crippen LogP contribution in [0.2, 0.25) is 5.02 Å². The maximum Gasteiger partial charge on any atom is 0.339 e. The molecule has 1 aromatic heterocycles. The summed E-state index contributed by atoms with van der Waals surface area (Å²) in [5.74, 6) is -0.0558. The normalized spacial score (nSPS) is 12.2. The van der Waals surface area contributed by atoms with Crippen LogP contribution in [0.25, 0.3) is 23.1 Å². The lowest BCUT2D eigenvalue weighted by molar-refractivity contribution is 0.00507. The molecule has 0 radical (unpaired) electrons. The molecule has 0 fully saturated rings. The van der Waals surface area contributed by atoms with E-state index in [-0.39, 0.29) is 17.9 Å². The van der Waals surface area contributed by atoms with Crippen LogP contribution in [0.3, 0.4) is 0 Å². The van der Waals surface area contributed by atoms with Crippen LogP contribution in [0, 0.1) is 5.92 Å². The van der Waals surface area contributed by atoms with E-state index in [0.29, 0.717) is 23.3 Å². The number of aromatic carboxylic acids is 1. The zero-order valence-electron chi connectivity index (χ0n) is 21.6. The molecule has 7 heteroatoms. The van der Waals surface area contributed by atoms with Crippen molar-refractivity contribution in [1.82, 2.24) is 4.98 Å². The molecule has 4 aromatic rings. The van der Waals surface area contributed by atoms with Crippen LogP contribution < -0.4 is 9.47 Å². The molecule has 0 aliphatic carbocycles. The van der Waals surface area contributed by atoms with Crippen molar-refractivity contribution in [3.05, 3.63) is 100 Å². The van der Waals surface area contributed by atoms with Crippen molar-refractivity contribution in [2.24, 2.45) is 5.92 Å². The fourth-order valence-electron chi connectivity index (χ4n) is 3.89. The molecule has 196 valence electrons. The SMILES string of the molecule is COc1ccc(OCC(OCC(C)C)c2cccc(/C=C/c3ccc4ccc(Cl)cc4n3)c2)c(C(=O)O)c1. The largest absolute Gasteiger partial charge is 0.497 e. The number of aromatic nitrogens is 1. The first-order valence-electron chi connectivity index (χ1n) is 12.3. The Hall–Kier alpha value is -3.87. The Labute approximate surface area is 227 Å². The molecule has 1 unspecified atom stereocenters. The molecule has 0 bridgehead atoms. The lowest BCUT2D eigenvalue weighted by atomic mass is 10.1. The van der Waals surface area contributed by atoms with Crippen LogP contribution >= 0.6 is 11.6 Å². The number of hydrogen-bond donors (Lipinski definition) is 1. The van der Waals surface area contributed by atoms with Gasteiger partial charge in [-0.2, -0.15) is 0 Å². The average Bonchev–Trinajstić information content (AvgIpc) is 2.91. The molecule has 0 aliphatic rings. The van der Waals surface area contributed by atoms with Gasteiger partial charge in [0.15, 0.2) is 0 Å². The second kappa shape index (κ2) is 12.6. The van der Waals surface area contributed by atoms with E-state index in [9.17, 15) is 9.90 Å². The van der Waals surface area contributed by atoms with Crippen molar-refractivity contribution in [2.45, 2.75) is 20.0 Å². The number of ether oxygens (including phenoxy) is 3. The van der Waals surface area contributed by atoms with Crippen molar-refractivity contribution in [3.63, 3.8) is 0 Å². The number of hydrogen-bond acceptors (Lipinski definition) is 5. The highest BCUT2D eigenvalue weighted by atomic mass is 35.5. The number of pyridine rings is 1. The third-order valence-electron chi connectivity index (χ3n) is 5.84. The van der Waals surface area contributed by atoms with Gasteiger partial charge in [-0.15, -0.1) is 0 Å². The zero-order chi connectivity index (χ0) is 27.1. The van der Waals surface area contributed by atoms with E-state index in [1.807, 2.05) is 66.7 Å². The van der Waals surface area contributed by atoms with Crippen LogP contribution in [-0.2, 0) is 4.74 Å². The van der Waals surface area contributed by atoms with Crippen LogP contribution in [0.15, 0.2) is 72.8 Å². The highest BCUT2D eigenvalue weighted by Gasteiger charge is 2.18. The van der Waals surface area contributed by atoms with Gasteiger partial charge in [0.25, 0.3) is 0 Å². The summed E-state index contributed by atoms with van der Waals surface area (Å²) in [6.07, 6.45) is 3.56. The van der Waals surface area contributed by atoms with E-state index in [2.05, 4.69) is 18.8 Å². The molecule has 0 saturated heterocycles. The Balaban J connectivity index is 1.55. The number of carboxylic acids is 1. The first-order valence-corrected chi connectivity index (χ1v) is 12.7. The summed E-state index contributed by atoms with van der Waals surface area (Å²) in [6.45, 7) is 4.84. The number of methoxy groups -OCH3 is 1. The Morgan fingerprint density at radius 2 is 1.82 bits per heavy atom. The van der Waals surface area contributed by atoms with E-state index in [1.165, 1.54) is 13.2 Å². The third-order valence-corrected chi connectivity index (χ3v) is 6.08. The van der Waals surface area contributed by atoms with E-state index in [1.54, 1.807) is 12.1 Å². The first-order chi connectivity index (χ1) is 18.3. The minimum Gasteiger partial charge on any atom is -0.497 e. The number of carbonyl (C=O) groups is 1. The predicted molar refractivity (Wildman–Crippen MR) is 151 cm³/mol. The van der Waals surface area contributed by atoms with Crippen LogP contribution in [-0.4, -0.2) is 36.4 Å². The topological polar surface area (TPSA) is 77.9 Å². The summed E-state index contributed by atoms with van der Waals surface area (Å²) in [5, 5.41) is 11.3. The van der Waals surface area contributed by atoms with Crippen molar-refractivity contribution < 1.29 is 24.1 Å². The maximum absolute atomic E-state index is 11.8. The van der Waals surface area contributed by atoms with Crippen molar-refractivity contribution in [3.8, 4) is 11.5 Å². The minimum absolute atomic E-state index is 0.0350. The van der Waals surface area contributed by atoms with Crippen molar-refractivity contribution in [1.29, 1.82) is 0 Å². The van der Waals surface area contributed by atoms with Gasteiger partial charge in [0, 0.05) is 17.0 Å². The molecular formula is C31H30ClNO5. The highest BCUT2D eigenvalue weighted by Crippen LogP contribution is 2.27. The fraction of sp³-hybridized carbons (Fsp3) is 0.226. The van der Waals surface area contributed by atoms with E-state index in [0.717, 1.165) is 27.7 Å². The molecule has 1 atom stereocenters. The number of nitrogens with zero attached hydrogens (tertiary/aromatic N) is 1. The summed E-state index contributed by atoms with van der Waals surface area (Å²) < 4.78 is 17.3. The molecule has 1 N–H and O–H groups in total. The number of rotatable bonds is 11. The average molecular weight is 532 g/mol. The summed E-state index contributed by atoms with van der Waals surface area (Å²) in [5.41, 5.74) is 3.60. The molecule has 0 amide bonds. The molecule has 4 rings (SSSR count). The smallest absolute Gasteiger partial charge is 0.339 e. The van der Waals surface area contributed by atoms with Crippen LogP contribution in [0.4, 0.5) is 0 Å². The summed E-state index contributed by atoms with van der Waals surface area (Å²) >= 11 is 6.12. The molecular weight excluding hydrogens is 502 g/mol. The first kappa shape index (κ1) is 27.2. The Kier molecular flexibility index (Phi) is 9.00. The Bertz CT molecular complexity index is 1450. The van der Waals surface area contributed by atoms with E-state index in [4.69, 9.17) is 25.8 Å².